The third kappa shape index (κ3) is 3.67. The first-order valence-electron chi connectivity index (χ1n) is 5.69. The molecule has 3 heteroatoms. The fraction of sp³-hybridized carbons (Fsp3) is 0.750. The molecular formula is C12H22N2O. The lowest BCUT2D eigenvalue weighted by atomic mass is 9.96. The topological polar surface area (TPSA) is 24.8 Å². The van der Waals surface area contributed by atoms with E-state index in [1.54, 1.807) is 6.20 Å². The van der Waals surface area contributed by atoms with Crippen LogP contribution in [0.5, 0.6) is 0 Å². The lowest BCUT2D eigenvalue weighted by molar-refractivity contribution is 0.0822. The van der Waals surface area contributed by atoms with Crippen LogP contribution in [0.2, 0.25) is 0 Å². The molecule has 3 nitrogen and oxygen atoms in total. The van der Waals surface area contributed by atoms with Crippen LogP contribution >= 0.6 is 0 Å². The normalized spacial score (nSPS) is 19.3. The van der Waals surface area contributed by atoms with Crippen LogP contribution in [0.3, 0.4) is 0 Å². The smallest absolute Gasteiger partial charge is 0.0472 e. The van der Waals surface area contributed by atoms with Gasteiger partial charge in [-0.05, 0) is 33.6 Å². The van der Waals surface area contributed by atoms with Crippen molar-refractivity contribution in [2.75, 3.05) is 13.2 Å². The highest BCUT2D eigenvalue weighted by Gasteiger charge is 2.17. The molecule has 0 aromatic carbocycles. The van der Waals surface area contributed by atoms with Crippen molar-refractivity contribution in [3.8, 4) is 0 Å². The van der Waals surface area contributed by atoms with Crippen molar-refractivity contribution in [2.24, 2.45) is 11.0 Å². The summed E-state index contributed by atoms with van der Waals surface area (Å²) in [6.07, 6.45) is 3.98. The zero-order chi connectivity index (χ0) is 11.3. The first-order valence-corrected chi connectivity index (χ1v) is 5.69. The standard InChI is InChI=1S/C12H22N2O/c1-5-14(10(2)3)13-11(4)12-6-8-15-9-7-12/h5,10,12H,1,6-9H2,2-4H3/b13-11+. The van der Waals surface area contributed by atoms with Gasteiger partial charge >= 0.3 is 0 Å². The van der Waals surface area contributed by atoms with E-state index < -0.39 is 0 Å². The molecule has 86 valence electrons. The second-order valence-corrected chi connectivity index (χ2v) is 4.28. The third-order valence-corrected chi connectivity index (χ3v) is 2.80. The lowest BCUT2D eigenvalue weighted by Crippen LogP contribution is -2.26. The highest BCUT2D eigenvalue weighted by molar-refractivity contribution is 5.84. The molecule has 1 aliphatic rings. The molecule has 0 N–H and O–H groups in total. The molecule has 0 aliphatic carbocycles. The van der Waals surface area contributed by atoms with Crippen molar-refractivity contribution in [3.05, 3.63) is 12.8 Å². The van der Waals surface area contributed by atoms with E-state index in [1.807, 2.05) is 5.01 Å². The maximum atomic E-state index is 5.34. The van der Waals surface area contributed by atoms with Crippen molar-refractivity contribution in [1.82, 2.24) is 5.01 Å². The fourth-order valence-electron chi connectivity index (χ4n) is 1.75. The molecule has 0 radical (unpaired) electrons. The Morgan fingerprint density at radius 3 is 2.53 bits per heavy atom. The van der Waals surface area contributed by atoms with Gasteiger partial charge < -0.3 is 4.74 Å². The van der Waals surface area contributed by atoms with E-state index in [0.29, 0.717) is 12.0 Å². The van der Waals surface area contributed by atoms with E-state index in [9.17, 15) is 0 Å². The number of ether oxygens (including phenoxy) is 1. The second kappa shape index (κ2) is 5.91. The largest absolute Gasteiger partial charge is 0.381 e. The third-order valence-electron chi connectivity index (χ3n) is 2.80. The molecule has 1 heterocycles. The van der Waals surface area contributed by atoms with Gasteiger partial charge in [-0.1, -0.05) is 6.58 Å². The van der Waals surface area contributed by atoms with Crippen molar-refractivity contribution in [2.45, 2.75) is 39.7 Å². The van der Waals surface area contributed by atoms with Gasteiger partial charge in [0, 0.05) is 37.1 Å². The Bertz CT molecular complexity index is 230. The quantitative estimate of drug-likeness (QED) is 0.526. The summed E-state index contributed by atoms with van der Waals surface area (Å²) in [6, 6.07) is 0.372. The van der Waals surface area contributed by atoms with Crippen LogP contribution in [0.1, 0.15) is 33.6 Å². The monoisotopic (exact) mass is 210 g/mol. The van der Waals surface area contributed by atoms with Crippen LogP contribution in [-0.2, 0) is 4.74 Å². The Hall–Kier alpha value is -0.830. The Morgan fingerprint density at radius 1 is 1.47 bits per heavy atom. The number of nitrogens with zero attached hydrogens (tertiary/aromatic N) is 2. The number of hydrogen-bond donors (Lipinski definition) is 0. The van der Waals surface area contributed by atoms with Gasteiger partial charge in [0.25, 0.3) is 0 Å². The molecule has 0 aromatic heterocycles. The molecule has 0 amide bonds. The molecule has 1 fully saturated rings. The van der Waals surface area contributed by atoms with Crippen molar-refractivity contribution < 1.29 is 4.74 Å². The van der Waals surface area contributed by atoms with Gasteiger partial charge in [-0.2, -0.15) is 5.10 Å². The van der Waals surface area contributed by atoms with Gasteiger partial charge in [0.2, 0.25) is 0 Å². The first kappa shape index (κ1) is 12.2. The fourth-order valence-corrected chi connectivity index (χ4v) is 1.75. The van der Waals surface area contributed by atoms with E-state index in [0.717, 1.165) is 26.1 Å². The molecule has 1 aliphatic heterocycles. The van der Waals surface area contributed by atoms with E-state index in [1.165, 1.54) is 5.71 Å². The van der Waals surface area contributed by atoms with Gasteiger partial charge in [0.15, 0.2) is 0 Å². The average molecular weight is 210 g/mol. The summed E-state index contributed by atoms with van der Waals surface area (Å²) in [4.78, 5) is 0. The minimum atomic E-state index is 0.372. The van der Waals surface area contributed by atoms with Crippen molar-refractivity contribution >= 4 is 5.71 Å². The van der Waals surface area contributed by atoms with Gasteiger partial charge in [0.05, 0.1) is 0 Å². The molecule has 1 rings (SSSR count). The summed E-state index contributed by atoms with van der Waals surface area (Å²) < 4.78 is 5.34. The first-order chi connectivity index (χ1) is 7.15. The molecule has 0 atom stereocenters. The highest BCUT2D eigenvalue weighted by Crippen LogP contribution is 2.17. The molecule has 1 saturated heterocycles. The number of hydrazone groups is 1. The van der Waals surface area contributed by atoms with Gasteiger partial charge in [-0.3, -0.25) is 5.01 Å². The Balaban J connectivity index is 2.59. The predicted octanol–water partition coefficient (Wildman–Crippen LogP) is 2.64. The molecule has 0 aromatic rings. The summed E-state index contributed by atoms with van der Waals surface area (Å²) in [5.41, 5.74) is 1.20. The Morgan fingerprint density at radius 2 is 2.07 bits per heavy atom. The van der Waals surface area contributed by atoms with E-state index in [2.05, 4.69) is 32.5 Å². The van der Waals surface area contributed by atoms with Crippen molar-refractivity contribution in [3.63, 3.8) is 0 Å². The molecule has 0 unspecified atom stereocenters. The van der Waals surface area contributed by atoms with Crippen LogP contribution in [0.25, 0.3) is 0 Å². The van der Waals surface area contributed by atoms with E-state index in [4.69, 9.17) is 4.74 Å². The molecule has 0 spiro atoms. The van der Waals surface area contributed by atoms with E-state index >= 15 is 0 Å². The molecule has 0 bridgehead atoms. The van der Waals surface area contributed by atoms with Gasteiger partial charge in [-0.15, -0.1) is 0 Å². The van der Waals surface area contributed by atoms with Crippen LogP contribution in [0.15, 0.2) is 17.9 Å². The molecule has 0 saturated carbocycles. The zero-order valence-corrected chi connectivity index (χ0v) is 10.1. The van der Waals surface area contributed by atoms with Crippen LogP contribution in [-0.4, -0.2) is 30.0 Å². The summed E-state index contributed by atoms with van der Waals surface area (Å²) in [5, 5.41) is 6.52. The zero-order valence-electron chi connectivity index (χ0n) is 10.1. The molecule has 15 heavy (non-hydrogen) atoms. The van der Waals surface area contributed by atoms with Crippen LogP contribution < -0.4 is 0 Å². The van der Waals surface area contributed by atoms with Crippen LogP contribution in [0.4, 0.5) is 0 Å². The summed E-state index contributed by atoms with van der Waals surface area (Å²) in [6.45, 7) is 11.8. The minimum Gasteiger partial charge on any atom is -0.381 e. The molecular weight excluding hydrogens is 188 g/mol. The lowest BCUT2D eigenvalue weighted by Gasteiger charge is -2.25. The van der Waals surface area contributed by atoms with E-state index in [-0.39, 0.29) is 0 Å². The summed E-state index contributed by atoms with van der Waals surface area (Å²) in [7, 11) is 0. The number of rotatable bonds is 4. The highest BCUT2D eigenvalue weighted by atomic mass is 16.5. The van der Waals surface area contributed by atoms with Crippen LogP contribution in [0, 0.1) is 5.92 Å². The second-order valence-electron chi connectivity index (χ2n) is 4.28. The summed E-state index contributed by atoms with van der Waals surface area (Å²) in [5.74, 6) is 0.583. The van der Waals surface area contributed by atoms with Gasteiger partial charge in [0.1, 0.15) is 0 Å². The Labute approximate surface area is 92.8 Å². The minimum absolute atomic E-state index is 0.372. The predicted molar refractivity (Wildman–Crippen MR) is 63.8 cm³/mol. The Kier molecular flexibility index (Phi) is 4.82. The maximum Gasteiger partial charge on any atom is 0.0472 e. The van der Waals surface area contributed by atoms with Crippen molar-refractivity contribution in [1.29, 1.82) is 0 Å². The summed E-state index contributed by atoms with van der Waals surface area (Å²) >= 11 is 0. The maximum absolute atomic E-state index is 5.34. The average Bonchev–Trinajstić information content (AvgIpc) is 2.26. The van der Waals surface area contributed by atoms with Gasteiger partial charge in [-0.25, -0.2) is 0 Å². The number of hydrogen-bond acceptors (Lipinski definition) is 3. The SMILES string of the molecule is C=CN(/N=C(\C)C1CCOCC1)C(C)C.